The molecule has 18 heavy (non-hydrogen) atoms. The molecule has 1 amide bonds. The van der Waals surface area contributed by atoms with Crippen molar-refractivity contribution in [2.45, 2.75) is 58.0 Å². The molecular weight excluding hydrogens is 228 g/mol. The zero-order chi connectivity index (χ0) is 13.4. The van der Waals surface area contributed by atoms with Crippen molar-refractivity contribution < 1.29 is 9.53 Å². The highest BCUT2D eigenvalue weighted by Gasteiger charge is 2.20. The first kappa shape index (κ1) is 15.4. The number of carbonyl (C=O) groups is 1. The number of methoxy groups -OCH3 is 1. The number of hydrogen-bond acceptors (Lipinski definition) is 3. The lowest BCUT2D eigenvalue weighted by Gasteiger charge is -2.21. The van der Waals surface area contributed by atoms with Gasteiger partial charge in [-0.15, -0.1) is 0 Å². The summed E-state index contributed by atoms with van der Waals surface area (Å²) in [7, 11) is 1.64. The van der Waals surface area contributed by atoms with E-state index in [2.05, 4.69) is 17.6 Å². The molecule has 0 aromatic heterocycles. The number of hydrogen-bond donors (Lipinski definition) is 2. The normalized spacial score (nSPS) is 26.4. The van der Waals surface area contributed by atoms with Crippen LogP contribution in [0.25, 0.3) is 0 Å². The maximum atomic E-state index is 11.8. The van der Waals surface area contributed by atoms with Crippen molar-refractivity contribution in [2.75, 3.05) is 20.3 Å². The van der Waals surface area contributed by atoms with E-state index in [4.69, 9.17) is 4.74 Å². The minimum Gasteiger partial charge on any atom is -0.383 e. The second-order valence-corrected chi connectivity index (χ2v) is 5.48. The standard InChI is InChI=1S/C14H28N2O2/c1-11-5-4-6-13(8-7-11)16-12(2)14(17)15-9-10-18-3/h11-13,16H,4-10H2,1-3H3,(H,15,17). The summed E-state index contributed by atoms with van der Waals surface area (Å²) in [6.07, 6.45) is 6.26. The smallest absolute Gasteiger partial charge is 0.236 e. The van der Waals surface area contributed by atoms with E-state index in [0.717, 1.165) is 5.92 Å². The van der Waals surface area contributed by atoms with Crippen molar-refractivity contribution in [1.82, 2.24) is 10.6 Å². The Morgan fingerprint density at radius 3 is 2.83 bits per heavy atom. The molecular formula is C14H28N2O2. The van der Waals surface area contributed by atoms with Gasteiger partial charge in [-0.1, -0.05) is 19.8 Å². The van der Waals surface area contributed by atoms with E-state index in [0.29, 0.717) is 19.2 Å². The van der Waals surface area contributed by atoms with Gasteiger partial charge in [0.25, 0.3) is 0 Å². The molecule has 4 heteroatoms. The molecule has 3 unspecified atom stereocenters. The van der Waals surface area contributed by atoms with Crippen molar-refractivity contribution in [3.63, 3.8) is 0 Å². The molecule has 0 saturated heterocycles. The Morgan fingerprint density at radius 1 is 1.33 bits per heavy atom. The van der Waals surface area contributed by atoms with Gasteiger partial charge < -0.3 is 15.4 Å². The van der Waals surface area contributed by atoms with Gasteiger partial charge in [-0.05, 0) is 32.1 Å². The molecule has 1 fully saturated rings. The van der Waals surface area contributed by atoms with Gasteiger partial charge in [0.2, 0.25) is 5.91 Å². The molecule has 1 rings (SSSR count). The van der Waals surface area contributed by atoms with E-state index >= 15 is 0 Å². The van der Waals surface area contributed by atoms with Gasteiger partial charge in [-0.2, -0.15) is 0 Å². The van der Waals surface area contributed by atoms with Crippen LogP contribution >= 0.6 is 0 Å². The maximum absolute atomic E-state index is 11.8. The predicted molar refractivity (Wildman–Crippen MR) is 73.5 cm³/mol. The SMILES string of the molecule is COCCNC(=O)C(C)NC1CCCC(C)CC1. The minimum atomic E-state index is -0.111. The van der Waals surface area contributed by atoms with Crippen LogP contribution < -0.4 is 10.6 Å². The van der Waals surface area contributed by atoms with Gasteiger partial charge >= 0.3 is 0 Å². The zero-order valence-electron chi connectivity index (χ0n) is 12.0. The summed E-state index contributed by atoms with van der Waals surface area (Å²) >= 11 is 0. The Balaban J connectivity index is 2.25. The Bertz CT molecular complexity index is 246. The van der Waals surface area contributed by atoms with Crippen LogP contribution in [0.2, 0.25) is 0 Å². The topological polar surface area (TPSA) is 50.4 Å². The summed E-state index contributed by atoms with van der Waals surface area (Å²) in [4.78, 5) is 11.8. The lowest BCUT2D eigenvalue weighted by atomic mass is 10.0. The monoisotopic (exact) mass is 256 g/mol. The van der Waals surface area contributed by atoms with Gasteiger partial charge in [0.15, 0.2) is 0 Å². The summed E-state index contributed by atoms with van der Waals surface area (Å²) in [5.41, 5.74) is 0. The number of amides is 1. The molecule has 1 saturated carbocycles. The molecule has 4 nitrogen and oxygen atoms in total. The van der Waals surface area contributed by atoms with E-state index in [-0.39, 0.29) is 11.9 Å². The summed E-state index contributed by atoms with van der Waals surface area (Å²) in [5, 5.41) is 6.32. The summed E-state index contributed by atoms with van der Waals surface area (Å²) < 4.78 is 4.92. The fourth-order valence-corrected chi connectivity index (χ4v) is 2.51. The highest BCUT2D eigenvalue weighted by molar-refractivity contribution is 5.81. The molecule has 2 N–H and O–H groups in total. The summed E-state index contributed by atoms with van der Waals surface area (Å²) in [6, 6.07) is 0.387. The fourth-order valence-electron chi connectivity index (χ4n) is 2.51. The highest BCUT2D eigenvalue weighted by atomic mass is 16.5. The summed E-state index contributed by atoms with van der Waals surface area (Å²) in [6.45, 7) is 5.42. The second kappa shape index (κ2) is 8.48. The fraction of sp³-hybridized carbons (Fsp3) is 0.929. The average Bonchev–Trinajstić information content (AvgIpc) is 2.54. The van der Waals surface area contributed by atoms with Crippen LogP contribution in [0.3, 0.4) is 0 Å². The molecule has 1 aliphatic rings. The number of carbonyl (C=O) groups excluding carboxylic acids is 1. The van der Waals surface area contributed by atoms with Crippen LogP contribution in [0.4, 0.5) is 0 Å². The lowest BCUT2D eigenvalue weighted by Crippen LogP contribution is -2.47. The first-order valence-electron chi connectivity index (χ1n) is 7.16. The Hall–Kier alpha value is -0.610. The molecule has 0 aromatic carbocycles. The van der Waals surface area contributed by atoms with Crippen LogP contribution in [0.1, 0.15) is 46.0 Å². The van der Waals surface area contributed by atoms with E-state index < -0.39 is 0 Å². The average molecular weight is 256 g/mol. The molecule has 0 heterocycles. The van der Waals surface area contributed by atoms with Crippen LogP contribution in [-0.2, 0) is 9.53 Å². The van der Waals surface area contributed by atoms with E-state index in [1.807, 2.05) is 6.92 Å². The Morgan fingerprint density at radius 2 is 2.11 bits per heavy atom. The molecule has 3 atom stereocenters. The van der Waals surface area contributed by atoms with Crippen molar-refractivity contribution in [3.8, 4) is 0 Å². The predicted octanol–water partition coefficient (Wildman–Crippen LogP) is 1.70. The molecule has 1 aliphatic carbocycles. The largest absolute Gasteiger partial charge is 0.383 e. The number of ether oxygens (including phenoxy) is 1. The molecule has 0 bridgehead atoms. The third-order valence-corrected chi connectivity index (χ3v) is 3.74. The zero-order valence-corrected chi connectivity index (χ0v) is 12.0. The van der Waals surface area contributed by atoms with Crippen LogP contribution in [0, 0.1) is 5.92 Å². The van der Waals surface area contributed by atoms with E-state index in [1.54, 1.807) is 7.11 Å². The van der Waals surface area contributed by atoms with Gasteiger partial charge in [-0.25, -0.2) is 0 Å². The Labute approximate surface area is 111 Å². The Kier molecular flexibility index (Phi) is 7.28. The van der Waals surface area contributed by atoms with Gasteiger partial charge in [-0.3, -0.25) is 4.79 Å². The van der Waals surface area contributed by atoms with E-state index in [1.165, 1.54) is 32.1 Å². The molecule has 0 spiro atoms. The second-order valence-electron chi connectivity index (χ2n) is 5.48. The first-order chi connectivity index (χ1) is 8.63. The first-order valence-corrected chi connectivity index (χ1v) is 7.16. The third-order valence-electron chi connectivity index (χ3n) is 3.74. The highest BCUT2D eigenvalue weighted by Crippen LogP contribution is 2.22. The van der Waals surface area contributed by atoms with Crippen molar-refractivity contribution >= 4 is 5.91 Å². The molecule has 0 aromatic rings. The van der Waals surface area contributed by atoms with Crippen LogP contribution in [0.5, 0.6) is 0 Å². The molecule has 106 valence electrons. The van der Waals surface area contributed by atoms with Crippen LogP contribution in [-0.4, -0.2) is 38.3 Å². The van der Waals surface area contributed by atoms with Gasteiger partial charge in [0.05, 0.1) is 12.6 Å². The van der Waals surface area contributed by atoms with Gasteiger partial charge in [0, 0.05) is 19.7 Å². The number of rotatable bonds is 6. The van der Waals surface area contributed by atoms with Crippen molar-refractivity contribution in [2.24, 2.45) is 5.92 Å². The van der Waals surface area contributed by atoms with Crippen LogP contribution in [0.15, 0.2) is 0 Å². The maximum Gasteiger partial charge on any atom is 0.236 e. The third kappa shape index (κ3) is 5.83. The summed E-state index contributed by atoms with van der Waals surface area (Å²) in [5.74, 6) is 0.909. The molecule has 0 radical (unpaired) electrons. The van der Waals surface area contributed by atoms with Gasteiger partial charge in [0.1, 0.15) is 0 Å². The lowest BCUT2D eigenvalue weighted by molar-refractivity contribution is -0.123. The quantitative estimate of drug-likeness (QED) is 0.562. The van der Waals surface area contributed by atoms with E-state index in [9.17, 15) is 4.79 Å². The molecule has 0 aliphatic heterocycles. The minimum absolute atomic E-state index is 0.0735. The van der Waals surface area contributed by atoms with Crippen molar-refractivity contribution in [1.29, 1.82) is 0 Å². The van der Waals surface area contributed by atoms with Crippen molar-refractivity contribution in [3.05, 3.63) is 0 Å². The number of nitrogens with one attached hydrogen (secondary N) is 2.